The van der Waals surface area contributed by atoms with E-state index in [2.05, 4.69) is 0 Å². The quantitative estimate of drug-likeness (QED) is 0.816. The zero-order chi connectivity index (χ0) is 13.1. The van der Waals surface area contributed by atoms with Gasteiger partial charge in [0.2, 0.25) is 0 Å². The Bertz CT molecular complexity index is 445. The van der Waals surface area contributed by atoms with Crippen LogP contribution in [0.2, 0.25) is 0 Å². The normalized spacial score (nSPS) is 21.7. The van der Waals surface area contributed by atoms with Crippen LogP contribution in [-0.2, 0) is 16.0 Å². The van der Waals surface area contributed by atoms with Crippen molar-refractivity contribution in [2.45, 2.75) is 25.7 Å². The second-order valence-electron chi connectivity index (χ2n) is 4.53. The van der Waals surface area contributed by atoms with Crippen molar-refractivity contribution in [2.75, 3.05) is 13.2 Å². The minimum Gasteiger partial charge on any atom is -0.466 e. The lowest BCUT2D eigenvalue weighted by Crippen LogP contribution is -2.07. The number of aliphatic hydroxyl groups is 1. The van der Waals surface area contributed by atoms with Crippen LogP contribution in [0.4, 0.5) is 4.39 Å². The van der Waals surface area contributed by atoms with Crippen LogP contribution in [0.15, 0.2) is 18.2 Å². The number of carbonyl (C=O) groups excluding carboxylic acids is 1. The average molecular weight is 252 g/mol. The molecule has 1 aromatic carbocycles. The second-order valence-corrected chi connectivity index (χ2v) is 4.53. The fraction of sp³-hybridized carbons (Fsp3) is 0.500. The van der Waals surface area contributed by atoms with Gasteiger partial charge in [-0.25, -0.2) is 4.39 Å². The van der Waals surface area contributed by atoms with Crippen molar-refractivity contribution in [1.29, 1.82) is 0 Å². The molecule has 18 heavy (non-hydrogen) atoms. The van der Waals surface area contributed by atoms with Gasteiger partial charge in [-0.3, -0.25) is 4.79 Å². The number of esters is 1. The maximum atomic E-state index is 13.4. The van der Waals surface area contributed by atoms with Crippen LogP contribution in [0, 0.1) is 11.7 Å². The fourth-order valence-corrected chi connectivity index (χ4v) is 2.21. The molecule has 2 rings (SSSR count). The number of aliphatic hydroxyl groups excluding tert-OH is 1. The molecule has 0 aromatic heterocycles. The van der Waals surface area contributed by atoms with Crippen molar-refractivity contribution in [2.24, 2.45) is 5.92 Å². The van der Waals surface area contributed by atoms with Gasteiger partial charge in [0.15, 0.2) is 0 Å². The smallest absolute Gasteiger partial charge is 0.309 e. The number of hydrogen-bond acceptors (Lipinski definition) is 3. The van der Waals surface area contributed by atoms with Gasteiger partial charge in [-0.2, -0.15) is 0 Å². The van der Waals surface area contributed by atoms with E-state index in [1.807, 2.05) is 0 Å². The molecule has 1 aromatic rings. The highest BCUT2D eigenvalue weighted by atomic mass is 19.1. The van der Waals surface area contributed by atoms with E-state index in [9.17, 15) is 9.18 Å². The standard InChI is InChI=1S/C14H17FO3/c1-2-18-14(17)12-8-11(12)9-3-4-13(15)10(7-9)5-6-16/h3-4,7,11-12,16H,2,5-6,8H2,1H3/t11-,12-/m1/s1. The predicted octanol–water partition coefficient (Wildman–Crippen LogP) is 2.03. The molecule has 0 amide bonds. The number of rotatable bonds is 5. The summed E-state index contributed by atoms with van der Waals surface area (Å²) in [6, 6.07) is 4.86. The van der Waals surface area contributed by atoms with Gasteiger partial charge in [0, 0.05) is 6.61 Å². The van der Waals surface area contributed by atoms with Crippen LogP contribution >= 0.6 is 0 Å². The zero-order valence-electron chi connectivity index (χ0n) is 10.4. The number of benzene rings is 1. The van der Waals surface area contributed by atoms with E-state index >= 15 is 0 Å². The van der Waals surface area contributed by atoms with Crippen LogP contribution in [0.3, 0.4) is 0 Å². The molecule has 0 aliphatic heterocycles. The SMILES string of the molecule is CCOC(=O)[C@@H]1C[C@@H]1c1ccc(F)c(CCO)c1. The summed E-state index contributed by atoms with van der Waals surface area (Å²) >= 11 is 0. The molecular weight excluding hydrogens is 235 g/mol. The first-order chi connectivity index (χ1) is 8.67. The molecule has 0 bridgehead atoms. The first kappa shape index (κ1) is 13.0. The predicted molar refractivity (Wildman–Crippen MR) is 64.7 cm³/mol. The van der Waals surface area contributed by atoms with E-state index in [1.165, 1.54) is 6.07 Å². The van der Waals surface area contributed by atoms with E-state index < -0.39 is 0 Å². The number of halogens is 1. The number of hydrogen-bond donors (Lipinski definition) is 1. The summed E-state index contributed by atoms with van der Waals surface area (Å²) < 4.78 is 18.4. The largest absolute Gasteiger partial charge is 0.466 e. The Morgan fingerprint density at radius 3 is 3.00 bits per heavy atom. The molecule has 1 N–H and O–H groups in total. The Balaban J connectivity index is 2.07. The molecule has 0 spiro atoms. The molecular formula is C14H17FO3. The van der Waals surface area contributed by atoms with Crippen LogP contribution in [0.1, 0.15) is 30.4 Å². The van der Waals surface area contributed by atoms with Crippen molar-refractivity contribution in [3.63, 3.8) is 0 Å². The van der Waals surface area contributed by atoms with E-state index in [0.717, 1.165) is 12.0 Å². The third kappa shape index (κ3) is 2.70. The molecule has 0 radical (unpaired) electrons. The van der Waals surface area contributed by atoms with Gasteiger partial charge in [0.1, 0.15) is 5.82 Å². The van der Waals surface area contributed by atoms with Crippen molar-refractivity contribution >= 4 is 5.97 Å². The van der Waals surface area contributed by atoms with Crippen LogP contribution in [0.5, 0.6) is 0 Å². The van der Waals surface area contributed by atoms with Crippen molar-refractivity contribution in [3.8, 4) is 0 Å². The maximum absolute atomic E-state index is 13.4. The highest BCUT2D eigenvalue weighted by molar-refractivity contribution is 5.77. The van der Waals surface area contributed by atoms with Gasteiger partial charge < -0.3 is 9.84 Å². The van der Waals surface area contributed by atoms with E-state index in [4.69, 9.17) is 9.84 Å². The molecule has 0 heterocycles. The summed E-state index contributed by atoms with van der Waals surface area (Å²) in [4.78, 5) is 11.5. The van der Waals surface area contributed by atoms with Gasteiger partial charge >= 0.3 is 5.97 Å². The minimum atomic E-state index is -0.305. The molecule has 0 saturated heterocycles. The zero-order valence-corrected chi connectivity index (χ0v) is 10.4. The Labute approximate surface area is 106 Å². The summed E-state index contributed by atoms with van der Waals surface area (Å²) in [6.07, 6.45) is 1.07. The van der Waals surface area contributed by atoms with Crippen molar-refractivity contribution in [3.05, 3.63) is 35.1 Å². The van der Waals surface area contributed by atoms with E-state index in [0.29, 0.717) is 18.6 Å². The molecule has 1 fully saturated rings. The first-order valence-corrected chi connectivity index (χ1v) is 6.23. The van der Waals surface area contributed by atoms with Crippen molar-refractivity contribution < 1.29 is 19.0 Å². The van der Waals surface area contributed by atoms with Gasteiger partial charge in [0.05, 0.1) is 12.5 Å². The molecule has 0 unspecified atom stereocenters. The summed E-state index contributed by atoms with van der Waals surface area (Å²) in [5, 5.41) is 8.86. The lowest BCUT2D eigenvalue weighted by molar-refractivity contribution is -0.144. The number of carbonyl (C=O) groups is 1. The fourth-order valence-electron chi connectivity index (χ4n) is 2.21. The molecule has 1 aliphatic rings. The second kappa shape index (κ2) is 5.48. The molecule has 1 saturated carbocycles. The summed E-state index contributed by atoms with van der Waals surface area (Å²) in [5.74, 6) is -0.420. The van der Waals surface area contributed by atoms with Gasteiger partial charge in [-0.05, 0) is 42.9 Å². The van der Waals surface area contributed by atoms with E-state index in [1.54, 1.807) is 19.1 Å². The van der Waals surface area contributed by atoms with Gasteiger partial charge in [-0.15, -0.1) is 0 Å². The summed E-state index contributed by atoms with van der Waals surface area (Å²) in [6.45, 7) is 2.10. The topological polar surface area (TPSA) is 46.5 Å². The third-order valence-electron chi connectivity index (χ3n) is 3.26. The summed E-state index contributed by atoms with van der Waals surface area (Å²) in [5.41, 5.74) is 1.46. The van der Waals surface area contributed by atoms with Crippen LogP contribution in [0.25, 0.3) is 0 Å². The lowest BCUT2D eigenvalue weighted by Gasteiger charge is -2.05. The highest BCUT2D eigenvalue weighted by Gasteiger charge is 2.45. The maximum Gasteiger partial charge on any atom is 0.309 e. The van der Waals surface area contributed by atoms with Gasteiger partial charge in [-0.1, -0.05) is 12.1 Å². The number of ether oxygens (including phenoxy) is 1. The molecule has 2 atom stereocenters. The van der Waals surface area contributed by atoms with Gasteiger partial charge in [0.25, 0.3) is 0 Å². The molecule has 4 heteroatoms. The Morgan fingerprint density at radius 2 is 2.33 bits per heavy atom. The van der Waals surface area contributed by atoms with E-state index in [-0.39, 0.29) is 30.2 Å². The molecule has 3 nitrogen and oxygen atoms in total. The Hall–Kier alpha value is -1.42. The third-order valence-corrected chi connectivity index (χ3v) is 3.26. The first-order valence-electron chi connectivity index (χ1n) is 6.23. The Morgan fingerprint density at radius 1 is 1.56 bits per heavy atom. The minimum absolute atomic E-state index is 0.0770. The lowest BCUT2D eigenvalue weighted by atomic mass is 10.0. The average Bonchev–Trinajstić information content (AvgIpc) is 3.13. The van der Waals surface area contributed by atoms with Crippen LogP contribution in [-0.4, -0.2) is 24.3 Å². The Kier molecular flexibility index (Phi) is 3.97. The highest BCUT2D eigenvalue weighted by Crippen LogP contribution is 2.48. The molecule has 98 valence electrons. The molecule has 1 aliphatic carbocycles. The monoisotopic (exact) mass is 252 g/mol. The van der Waals surface area contributed by atoms with Crippen LogP contribution < -0.4 is 0 Å². The summed E-state index contributed by atoms with van der Waals surface area (Å²) in [7, 11) is 0. The van der Waals surface area contributed by atoms with Crippen molar-refractivity contribution in [1.82, 2.24) is 0 Å².